The van der Waals surface area contributed by atoms with Crippen molar-refractivity contribution in [2.45, 2.75) is 6.54 Å². The minimum absolute atomic E-state index is 0.0556. The number of halogens is 2. The largest absolute Gasteiger partial charge is 0.354 e. The highest BCUT2D eigenvalue weighted by molar-refractivity contribution is 6.42. The molecular formula is C13H18Cl2N3O2+. The van der Waals surface area contributed by atoms with Crippen LogP contribution in [0.5, 0.6) is 0 Å². The molecule has 0 atom stereocenters. The highest BCUT2D eigenvalue weighted by atomic mass is 35.5. The summed E-state index contributed by atoms with van der Waals surface area (Å²) in [4.78, 5) is 24.5. The second-order valence-electron chi connectivity index (χ2n) is 4.37. The lowest BCUT2D eigenvalue weighted by Gasteiger charge is -2.16. The summed E-state index contributed by atoms with van der Waals surface area (Å²) in [6.07, 6.45) is 0. The third-order valence-electron chi connectivity index (χ3n) is 2.76. The average Bonchev–Trinajstić information content (AvgIpc) is 2.42. The van der Waals surface area contributed by atoms with E-state index in [9.17, 15) is 9.59 Å². The van der Waals surface area contributed by atoms with Crippen LogP contribution in [0, 0.1) is 0 Å². The van der Waals surface area contributed by atoms with E-state index >= 15 is 0 Å². The van der Waals surface area contributed by atoms with Gasteiger partial charge in [-0.25, -0.2) is 0 Å². The van der Waals surface area contributed by atoms with Gasteiger partial charge in [0.25, 0.3) is 11.8 Å². The zero-order valence-electron chi connectivity index (χ0n) is 11.5. The van der Waals surface area contributed by atoms with E-state index in [-0.39, 0.29) is 24.9 Å². The topological polar surface area (TPSA) is 66.0 Å². The van der Waals surface area contributed by atoms with Crippen molar-refractivity contribution in [2.24, 2.45) is 0 Å². The van der Waals surface area contributed by atoms with Crippen LogP contribution in [0.4, 0.5) is 0 Å². The molecule has 0 aliphatic heterocycles. The number of quaternary nitrogens is 1. The Morgan fingerprint density at radius 3 is 2.55 bits per heavy atom. The molecule has 3 N–H and O–H groups in total. The molecule has 20 heavy (non-hydrogen) atoms. The normalized spacial score (nSPS) is 10.2. The molecule has 0 unspecified atom stereocenters. The van der Waals surface area contributed by atoms with Crippen LogP contribution in [-0.2, 0) is 16.1 Å². The lowest BCUT2D eigenvalue weighted by Crippen LogP contribution is -2.88. The first kappa shape index (κ1) is 16.8. The minimum Gasteiger partial charge on any atom is -0.354 e. The fraction of sp³-hybridized carbons (Fsp3) is 0.385. The summed E-state index contributed by atoms with van der Waals surface area (Å²) in [6, 6.07) is 5.27. The lowest BCUT2D eigenvalue weighted by molar-refractivity contribution is -0.633. The molecule has 0 spiro atoms. The summed E-state index contributed by atoms with van der Waals surface area (Å²) in [5.74, 6) is -0.162. The van der Waals surface area contributed by atoms with Crippen LogP contribution in [0.2, 0.25) is 10.0 Å². The van der Waals surface area contributed by atoms with Gasteiger partial charge in [-0.05, 0) is 17.7 Å². The van der Waals surface area contributed by atoms with Gasteiger partial charge in [0, 0.05) is 20.6 Å². The van der Waals surface area contributed by atoms with Gasteiger partial charge >= 0.3 is 0 Å². The number of nitrogens with one attached hydrogen (secondary N) is 1. The zero-order chi connectivity index (χ0) is 15.1. The molecule has 0 fully saturated rings. The molecule has 2 amide bonds. The molecule has 1 aromatic carbocycles. The van der Waals surface area contributed by atoms with Crippen LogP contribution >= 0.6 is 23.2 Å². The first-order valence-electron chi connectivity index (χ1n) is 6.14. The number of rotatable bonds is 6. The Labute approximate surface area is 128 Å². The summed E-state index contributed by atoms with van der Waals surface area (Å²) in [5, 5.41) is 5.11. The molecule has 0 saturated carbocycles. The molecule has 0 saturated heterocycles. The van der Waals surface area contributed by atoms with Gasteiger partial charge in [-0.2, -0.15) is 0 Å². The number of nitrogens with two attached hydrogens (primary N) is 1. The molecule has 110 valence electrons. The number of nitrogens with zero attached hydrogens (tertiary/aromatic N) is 1. The van der Waals surface area contributed by atoms with Crippen LogP contribution in [0.15, 0.2) is 18.2 Å². The second-order valence-corrected chi connectivity index (χ2v) is 5.18. The predicted molar refractivity (Wildman–Crippen MR) is 78.7 cm³/mol. The third kappa shape index (κ3) is 5.36. The van der Waals surface area contributed by atoms with Crippen molar-refractivity contribution >= 4 is 35.0 Å². The SMILES string of the molecule is CNC(=O)C[NH2+]CC(=O)N(C)Cc1ccc(Cl)c(Cl)c1. The van der Waals surface area contributed by atoms with Gasteiger partial charge in [0.05, 0.1) is 10.0 Å². The van der Waals surface area contributed by atoms with Crippen molar-refractivity contribution in [3.05, 3.63) is 33.8 Å². The van der Waals surface area contributed by atoms with Crippen molar-refractivity contribution in [3.63, 3.8) is 0 Å². The summed E-state index contributed by atoms with van der Waals surface area (Å²) < 4.78 is 0. The number of hydrogen-bond acceptors (Lipinski definition) is 2. The first-order chi connectivity index (χ1) is 9.43. The van der Waals surface area contributed by atoms with Crippen molar-refractivity contribution in [2.75, 3.05) is 27.2 Å². The van der Waals surface area contributed by atoms with Crippen molar-refractivity contribution < 1.29 is 14.9 Å². The molecule has 0 heterocycles. The maximum atomic E-state index is 11.9. The fourth-order valence-corrected chi connectivity index (χ4v) is 1.91. The Hall–Kier alpha value is -1.30. The summed E-state index contributed by atoms with van der Waals surface area (Å²) in [7, 11) is 3.27. The molecule has 0 aromatic heterocycles. The van der Waals surface area contributed by atoms with E-state index in [4.69, 9.17) is 23.2 Å². The smallest absolute Gasteiger partial charge is 0.277 e. The maximum Gasteiger partial charge on any atom is 0.277 e. The molecule has 7 heteroatoms. The summed E-state index contributed by atoms with van der Waals surface area (Å²) in [5.41, 5.74) is 0.904. The van der Waals surface area contributed by atoms with E-state index in [0.717, 1.165) is 5.56 Å². The minimum atomic E-state index is -0.107. The predicted octanol–water partition coefficient (Wildman–Crippen LogP) is 0.261. The summed E-state index contributed by atoms with van der Waals surface area (Å²) >= 11 is 11.8. The fourth-order valence-electron chi connectivity index (χ4n) is 1.58. The van der Waals surface area contributed by atoms with Crippen LogP contribution in [0.25, 0.3) is 0 Å². The molecule has 1 aromatic rings. The Morgan fingerprint density at radius 1 is 1.25 bits per heavy atom. The van der Waals surface area contributed by atoms with Gasteiger partial charge in [-0.1, -0.05) is 29.3 Å². The van der Waals surface area contributed by atoms with Gasteiger partial charge in [-0.3, -0.25) is 9.59 Å². The van der Waals surface area contributed by atoms with Gasteiger partial charge in [0.2, 0.25) is 0 Å². The highest BCUT2D eigenvalue weighted by Gasteiger charge is 2.12. The standard InChI is InChI=1S/C13H17Cl2N3O2/c1-16-12(19)6-17-7-13(20)18(2)8-9-3-4-10(14)11(15)5-9/h3-5,17H,6-8H2,1-2H3,(H,16,19)/p+1. The monoisotopic (exact) mass is 318 g/mol. The number of likely N-dealkylation sites (N-methyl/N-ethyl adjacent to an activating group) is 2. The van der Waals surface area contributed by atoms with E-state index in [1.807, 2.05) is 6.07 Å². The van der Waals surface area contributed by atoms with Crippen LogP contribution in [0.3, 0.4) is 0 Å². The van der Waals surface area contributed by atoms with Crippen molar-refractivity contribution in [1.82, 2.24) is 10.2 Å². The number of amides is 2. The van der Waals surface area contributed by atoms with E-state index in [0.29, 0.717) is 16.6 Å². The van der Waals surface area contributed by atoms with Gasteiger partial charge in [-0.15, -0.1) is 0 Å². The van der Waals surface area contributed by atoms with Crippen molar-refractivity contribution in [1.29, 1.82) is 0 Å². The Bertz CT molecular complexity index is 495. The van der Waals surface area contributed by atoms with E-state index in [1.54, 1.807) is 36.4 Å². The zero-order valence-corrected chi connectivity index (χ0v) is 13.0. The number of hydrogen-bond donors (Lipinski definition) is 2. The third-order valence-corrected chi connectivity index (χ3v) is 3.50. The number of carbonyl (C=O) groups excluding carboxylic acids is 2. The van der Waals surface area contributed by atoms with E-state index in [1.165, 1.54) is 0 Å². The highest BCUT2D eigenvalue weighted by Crippen LogP contribution is 2.22. The van der Waals surface area contributed by atoms with E-state index < -0.39 is 0 Å². The second kappa shape index (κ2) is 8.09. The molecule has 1 rings (SSSR count). The molecule has 5 nitrogen and oxygen atoms in total. The molecule has 0 aliphatic rings. The van der Waals surface area contributed by atoms with Gasteiger partial charge in [0.1, 0.15) is 0 Å². The van der Waals surface area contributed by atoms with Crippen LogP contribution in [0.1, 0.15) is 5.56 Å². The molecule has 0 bridgehead atoms. The molecular weight excluding hydrogens is 301 g/mol. The Morgan fingerprint density at radius 2 is 1.95 bits per heavy atom. The van der Waals surface area contributed by atoms with Crippen LogP contribution < -0.4 is 10.6 Å². The van der Waals surface area contributed by atoms with Gasteiger partial charge < -0.3 is 15.5 Å². The lowest BCUT2D eigenvalue weighted by atomic mass is 10.2. The quantitative estimate of drug-likeness (QED) is 0.790. The van der Waals surface area contributed by atoms with Crippen LogP contribution in [-0.4, -0.2) is 43.9 Å². The Kier molecular flexibility index (Phi) is 6.78. The average molecular weight is 319 g/mol. The summed E-state index contributed by atoms with van der Waals surface area (Å²) in [6.45, 7) is 0.914. The molecule has 0 radical (unpaired) electrons. The molecule has 0 aliphatic carbocycles. The van der Waals surface area contributed by atoms with E-state index in [2.05, 4.69) is 5.32 Å². The Balaban J connectivity index is 2.45. The number of benzene rings is 1. The maximum absolute atomic E-state index is 11.9. The van der Waals surface area contributed by atoms with Crippen molar-refractivity contribution in [3.8, 4) is 0 Å². The first-order valence-corrected chi connectivity index (χ1v) is 6.89. The van der Waals surface area contributed by atoms with Gasteiger partial charge in [0.15, 0.2) is 13.1 Å². The number of carbonyl (C=O) groups is 2.